The largest absolute Gasteiger partial charge is 0.491 e. The van der Waals surface area contributed by atoms with Gasteiger partial charge in [0.1, 0.15) is 24.0 Å². The van der Waals surface area contributed by atoms with E-state index in [1.807, 2.05) is 61.7 Å². The topological polar surface area (TPSA) is 79.3 Å². The van der Waals surface area contributed by atoms with Gasteiger partial charge in [-0.2, -0.15) is 5.26 Å². The third kappa shape index (κ3) is 4.15. The summed E-state index contributed by atoms with van der Waals surface area (Å²) in [7, 11) is 5.43. The van der Waals surface area contributed by atoms with Crippen LogP contribution in [0.3, 0.4) is 0 Å². The van der Waals surface area contributed by atoms with Crippen LogP contribution in [0.5, 0.6) is 5.75 Å². The Morgan fingerprint density at radius 1 is 1.36 bits per heavy atom. The molecule has 0 spiro atoms. The molecule has 1 heterocycles. The number of aromatic nitrogens is 3. The predicted molar refractivity (Wildman–Crippen MR) is 96.8 cm³/mol. The zero-order chi connectivity index (χ0) is 18.4. The van der Waals surface area contributed by atoms with Crippen LogP contribution in [0.2, 0.25) is 0 Å². The molecule has 0 saturated heterocycles. The van der Waals surface area contributed by atoms with Crippen molar-refractivity contribution in [2.75, 3.05) is 27.2 Å². The summed E-state index contributed by atoms with van der Waals surface area (Å²) in [5, 5.41) is 17.8. The molecule has 132 valence electrons. The second-order valence-corrected chi connectivity index (χ2v) is 5.84. The molecule has 1 unspecified atom stereocenters. The second kappa shape index (κ2) is 8.29. The fourth-order valence-electron chi connectivity index (χ4n) is 2.55. The van der Waals surface area contributed by atoms with E-state index in [2.05, 4.69) is 21.3 Å². The summed E-state index contributed by atoms with van der Waals surface area (Å²) < 4.78 is 7.65. The van der Waals surface area contributed by atoms with Crippen molar-refractivity contribution in [1.29, 1.82) is 5.26 Å². The van der Waals surface area contributed by atoms with Gasteiger partial charge in [0.15, 0.2) is 11.7 Å². The molecule has 0 aliphatic rings. The summed E-state index contributed by atoms with van der Waals surface area (Å²) in [6.45, 7) is 4.97. The molecule has 0 bridgehead atoms. The van der Waals surface area contributed by atoms with Gasteiger partial charge in [-0.1, -0.05) is 18.2 Å². The van der Waals surface area contributed by atoms with Crippen molar-refractivity contribution in [2.45, 2.75) is 19.8 Å². The van der Waals surface area contributed by atoms with E-state index in [0.717, 1.165) is 17.1 Å². The van der Waals surface area contributed by atoms with E-state index in [9.17, 15) is 5.26 Å². The van der Waals surface area contributed by atoms with Crippen LogP contribution in [0.4, 0.5) is 0 Å². The first-order valence-electron chi connectivity index (χ1n) is 8.11. The number of aliphatic imine (C=N–C) groups is 1. The Morgan fingerprint density at radius 3 is 2.64 bits per heavy atom. The highest BCUT2D eigenvalue weighted by Gasteiger charge is 2.26. The summed E-state index contributed by atoms with van der Waals surface area (Å²) in [6.07, 6.45) is 0. The van der Waals surface area contributed by atoms with E-state index in [4.69, 9.17) is 4.74 Å². The minimum absolute atomic E-state index is 0.496. The molecule has 0 N–H and O–H groups in total. The smallest absolute Gasteiger partial charge is 0.163 e. The molecule has 1 aromatic carbocycles. The lowest BCUT2D eigenvalue weighted by molar-refractivity contribution is 0.280. The molecule has 0 fully saturated rings. The Balaban J connectivity index is 2.05. The van der Waals surface area contributed by atoms with Gasteiger partial charge >= 0.3 is 0 Å². The molecule has 1 aromatic heterocycles. The van der Waals surface area contributed by atoms with Gasteiger partial charge in [-0.15, -0.1) is 10.2 Å². The Kier molecular flexibility index (Phi) is 6.12. The molecule has 2 rings (SSSR count). The summed E-state index contributed by atoms with van der Waals surface area (Å²) in [5.74, 6) is 2.29. The van der Waals surface area contributed by atoms with Crippen LogP contribution in [-0.2, 0) is 7.05 Å². The Hall–Kier alpha value is -2.88. The standard InChI is InChI=1S/C18H24N6O/c1-13-8-6-7-9-16(13)25-11-10-23(4)17(20-3)15(12-19)18-22-21-14(2)24(18)5/h6-9,15H,10-11H2,1-5H3. The van der Waals surface area contributed by atoms with Gasteiger partial charge < -0.3 is 14.2 Å². The number of rotatable bonds is 6. The third-order valence-corrected chi connectivity index (χ3v) is 4.17. The van der Waals surface area contributed by atoms with Crippen molar-refractivity contribution in [3.05, 3.63) is 41.5 Å². The maximum absolute atomic E-state index is 9.63. The molecular weight excluding hydrogens is 316 g/mol. The fraction of sp³-hybridized carbons (Fsp3) is 0.444. The number of likely N-dealkylation sites (N-methyl/N-ethyl adjacent to an activating group) is 1. The quantitative estimate of drug-likeness (QED) is 0.594. The summed E-state index contributed by atoms with van der Waals surface area (Å²) >= 11 is 0. The van der Waals surface area contributed by atoms with Crippen molar-refractivity contribution in [3.63, 3.8) is 0 Å². The summed E-state index contributed by atoms with van der Waals surface area (Å²) in [5.41, 5.74) is 1.10. The number of nitriles is 1. The van der Waals surface area contributed by atoms with Crippen LogP contribution in [0.15, 0.2) is 29.3 Å². The van der Waals surface area contributed by atoms with Crippen LogP contribution in [0.1, 0.15) is 23.1 Å². The van der Waals surface area contributed by atoms with E-state index < -0.39 is 5.92 Å². The number of benzene rings is 1. The predicted octanol–water partition coefficient (Wildman–Crippen LogP) is 2.08. The van der Waals surface area contributed by atoms with E-state index in [-0.39, 0.29) is 0 Å². The maximum Gasteiger partial charge on any atom is 0.163 e. The lowest BCUT2D eigenvalue weighted by Gasteiger charge is -2.24. The van der Waals surface area contributed by atoms with Crippen LogP contribution < -0.4 is 4.74 Å². The van der Waals surface area contributed by atoms with Gasteiger partial charge in [-0.25, -0.2) is 0 Å². The molecule has 0 aliphatic heterocycles. The van der Waals surface area contributed by atoms with Crippen molar-refractivity contribution >= 4 is 5.84 Å². The number of hydrogen-bond acceptors (Lipinski definition) is 5. The molecule has 7 heteroatoms. The lowest BCUT2D eigenvalue weighted by Crippen LogP contribution is -2.35. The van der Waals surface area contributed by atoms with E-state index in [1.54, 1.807) is 7.05 Å². The fourth-order valence-corrected chi connectivity index (χ4v) is 2.55. The Bertz CT molecular complexity index is 789. The molecular formula is C18H24N6O. The third-order valence-electron chi connectivity index (χ3n) is 4.17. The zero-order valence-corrected chi connectivity index (χ0v) is 15.4. The molecule has 7 nitrogen and oxygen atoms in total. The zero-order valence-electron chi connectivity index (χ0n) is 15.4. The number of aryl methyl sites for hydroxylation is 2. The molecule has 0 aliphatic carbocycles. The van der Waals surface area contributed by atoms with E-state index in [0.29, 0.717) is 24.8 Å². The van der Waals surface area contributed by atoms with Gasteiger partial charge in [0.25, 0.3) is 0 Å². The molecule has 0 radical (unpaired) electrons. The molecule has 25 heavy (non-hydrogen) atoms. The monoisotopic (exact) mass is 340 g/mol. The first kappa shape index (κ1) is 18.5. The van der Waals surface area contributed by atoms with E-state index in [1.165, 1.54) is 0 Å². The number of amidine groups is 1. The van der Waals surface area contributed by atoms with Gasteiger partial charge in [-0.3, -0.25) is 4.99 Å². The molecule has 0 saturated carbocycles. The highest BCUT2D eigenvalue weighted by molar-refractivity contribution is 5.90. The van der Waals surface area contributed by atoms with Crippen molar-refractivity contribution in [2.24, 2.45) is 12.0 Å². The van der Waals surface area contributed by atoms with Gasteiger partial charge in [0.05, 0.1) is 12.6 Å². The molecule has 2 aromatic rings. The van der Waals surface area contributed by atoms with Gasteiger partial charge in [0.2, 0.25) is 0 Å². The van der Waals surface area contributed by atoms with Gasteiger partial charge in [0, 0.05) is 21.1 Å². The second-order valence-electron chi connectivity index (χ2n) is 5.84. The minimum Gasteiger partial charge on any atom is -0.491 e. The average molecular weight is 340 g/mol. The number of para-hydroxylation sites is 1. The first-order chi connectivity index (χ1) is 12.0. The summed E-state index contributed by atoms with van der Waals surface area (Å²) in [4.78, 5) is 6.24. The number of nitrogens with zero attached hydrogens (tertiary/aromatic N) is 6. The van der Waals surface area contributed by atoms with Gasteiger partial charge in [-0.05, 0) is 25.5 Å². The summed E-state index contributed by atoms with van der Waals surface area (Å²) in [6, 6.07) is 10.2. The first-order valence-corrected chi connectivity index (χ1v) is 8.11. The molecule has 0 amide bonds. The minimum atomic E-state index is -0.570. The molecule has 1 atom stereocenters. The highest BCUT2D eigenvalue weighted by atomic mass is 16.5. The average Bonchev–Trinajstić information content (AvgIpc) is 2.93. The Morgan fingerprint density at radius 2 is 2.08 bits per heavy atom. The van der Waals surface area contributed by atoms with Crippen molar-refractivity contribution in [1.82, 2.24) is 19.7 Å². The van der Waals surface area contributed by atoms with Crippen LogP contribution in [0.25, 0.3) is 0 Å². The van der Waals surface area contributed by atoms with Crippen LogP contribution in [-0.4, -0.2) is 52.7 Å². The number of ether oxygens (including phenoxy) is 1. The Labute approximate surface area is 148 Å². The van der Waals surface area contributed by atoms with Crippen LogP contribution in [0, 0.1) is 25.2 Å². The highest BCUT2D eigenvalue weighted by Crippen LogP contribution is 2.18. The lowest BCUT2D eigenvalue weighted by atomic mass is 10.1. The van der Waals surface area contributed by atoms with Crippen LogP contribution >= 0.6 is 0 Å². The van der Waals surface area contributed by atoms with Crippen molar-refractivity contribution in [3.8, 4) is 11.8 Å². The SMILES string of the molecule is CN=C(C(C#N)c1nnc(C)n1C)N(C)CCOc1ccccc1C. The maximum atomic E-state index is 9.63. The normalized spacial score (nSPS) is 12.6. The number of hydrogen-bond donors (Lipinski definition) is 0. The van der Waals surface area contributed by atoms with E-state index >= 15 is 0 Å². The van der Waals surface area contributed by atoms with Crippen molar-refractivity contribution < 1.29 is 4.74 Å².